The number of hydrogen-bond donors (Lipinski definition) is 2. The molecule has 0 saturated heterocycles. The Balaban J connectivity index is 2.90. The first-order valence-corrected chi connectivity index (χ1v) is 5.70. The predicted octanol–water partition coefficient (Wildman–Crippen LogP) is 2.14. The summed E-state index contributed by atoms with van der Waals surface area (Å²) in [6.45, 7) is 2.18. The summed E-state index contributed by atoms with van der Waals surface area (Å²) >= 11 is 0. The highest BCUT2D eigenvalue weighted by atomic mass is 16.5. The van der Waals surface area contributed by atoms with Crippen molar-refractivity contribution < 1.29 is 9.84 Å². The molecule has 4 heteroatoms. The average molecular weight is 234 g/mol. The molecule has 1 unspecified atom stereocenters. The van der Waals surface area contributed by atoms with Crippen molar-refractivity contribution in [1.82, 2.24) is 0 Å². The minimum Gasteiger partial charge on any atom is -0.497 e. The van der Waals surface area contributed by atoms with Crippen LogP contribution in [0, 0.1) is 11.3 Å². The second kappa shape index (κ2) is 6.77. The van der Waals surface area contributed by atoms with Crippen molar-refractivity contribution >= 4 is 5.69 Å². The Morgan fingerprint density at radius 3 is 2.82 bits per heavy atom. The first-order chi connectivity index (χ1) is 8.24. The molecule has 0 aliphatic heterocycles. The van der Waals surface area contributed by atoms with E-state index in [9.17, 15) is 0 Å². The Hall–Kier alpha value is -1.73. The SMILES string of the molecule is CCC(CCO)Nc1cc(OC)ccc1C#N. The summed E-state index contributed by atoms with van der Waals surface area (Å²) in [6.07, 6.45) is 1.56. The molecule has 0 amide bonds. The van der Waals surface area contributed by atoms with E-state index in [-0.39, 0.29) is 12.6 Å². The fourth-order valence-corrected chi connectivity index (χ4v) is 1.62. The third kappa shape index (κ3) is 3.65. The van der Waals surface area contributed by atoms with Gasteiger partial charge in [-0.2, -0.15) is 5.26 Å². The maximum Gasteiger partial charge on any atom is 0.121 e. The molecule has 4 nitrogen and oxygen atoms in total. The number of rotatable bonds is 6. The van der Waals surface area contributed by atoms with Gasteiger partial charge in [-0.1, -0.05) is 6.92 Å². The summed E-state index contributed by atoms with van der Waals surface area (Å²) in [5, 5.41) is 21.2. The minimum absolute atomic E-state index is 0.136. The summed E-state index contributed by atoms with van der Waals surface area (Å²) in [7, 11) is 1.59. The second-order valence-corrected chi connectivity index (χ2v) is 3.79. The molecular weight excluding hydrogens is 216 g/mol. The molecule has 0 aliphatic carbocycles. The quantitative estimate of drug-likeness (QED) is 0.791. The van der Waals surface area contributed by atoms with Gasteiger partial charge in [-0.25, -0.2) is 0 Å². The first kappa shape index (κ1) is 13.3. The smallest absolute Gasteiger partial charge is 0.121 e. The van der Waals surface area contributed by atoms with Gasteiger partial charge >= 0.3 is 0 Å². The zero-order chi connectivity index (χ0) is 12.7. The average Bonchev–Trinajstić information content (AvgIpc) is 2.38. The number of nitrogens with zero attached hydrogens (tertiary/aromatic N) is 1. The van der Waals surface area contributed by atoms with Crippen LogP contribution in [-0.2, 0) is 0 Å². The molecule has 0 aromatic heterocycles. The predicted molar refractivity (Wildman–Crippen MR) is 67.1 cm³/mol. The van der Waals surface area contributed by atoms with E-state index in [1.165, 1.54) is 0 Å². The Labute approximate surface area is 102 Å². The Bertz CT molecular complexity index is 399. The zero-order valence-corrected chi connectivity index (χ0v) is 10.2. The number of aliphatic hydroxyl groups is 1. The molecule has 0 saturated carbocycles. The number of methoxy groups -OCH3 is 1. The molecule has 1 atom stereocenters. The molecule has 0 bridgehead atoms. The van der Waals surface area contributed by atoms with Gasteiger partial charge in [0.1, 0.15) is 11.8 Å². The number of ether oxygens (including phenoxy) is 1. The van der Waals surface area contributed by atoms with Crippen LogP contribution in [0.15, 0.2) is 18.2 Å². The van der Waals surface area contributed by atoms with Gasteiger partial charge < -0.3 is 15.2 Å². The van der Waals surface area contributed by atoms with Crippen LogP contribution >= 0.6 is 0 Å². The van der Waals surface area contributed by atoms with Gasteiger partial charge in [-0.05, 0) is 25.0 Å². The summed E-state index contributed by atoms with van der Waals surface area (Å²) in [5.41, 5.74) is 1.34. The number of benzene rings is 1. The fraction of sp³-hybridized carbons (Fsp3) is 0.462. The molecular formula is C13H18N2O2. The largest absolute Gasteiger partial charge is 0.497 e. The summed E-state index contributed by atoms with van der Waals surface area (Å²) in [6, 6.07) is 7.60. The van der Waals surface area contributed by atoms with E-state index >= 15 is 0 Å². The third-order valence-corrected chi connectivity index (χ3v) is 2.68. The zero-order valence-electron chi connectivity index (χ0n) is 10.2. The van der Waals surface area contributed by atoms with Crippen molar-refractivity contribution in [3.05, 3.63) is 23.8 Å². The van der Waals surface area contributed by atoms with Crippen LogP contribution in [0.1, 0.15) is 25.3 Å². The highest BCUT2D eigenvalue weighted by molar-refractivity contribution is 5.60. The number of nitriles is 1. The van der Waals surface area contributed by atoms with Crippen molar-refractivity contribution in [2.45, 2.75) is 25.8 Å². The number of hydrogen-bond acceptors (Lipinski definition) is 4. The van der Waals surface area contributed by atoms with Gasteiger partial charge in [0.15, 0.2) is 0 Å². The van der Waals surface area contributed by atoms with E-state index in [4.69, 9.17) is 15.1 Å². The van der Waals surface area contributed by atoms with Crippen LogP contribution < -0.4 is 10.1 Å². The Morgan fingerprint density at radius 2 is 2.29 bits per heavy atom. The van der Waals surface area contributed by atoms with Gasteiger partial charge in [0, 0.05) is 18.7 Å². The molecule has 1 aromatic carbocycles. The monoisotopic (exact) mass is 234 g/mol. The molecule has 0 radical (unpaired) electrons. The van der Waals surface area contributed by atoms with Crippen molar-refractivity contribution in [2.24, 2.45) is 0 Å². The van der Waals surface area contributed by atoms with Gasteiger partial charge in [-0.3, -0.25) is 0 Å². The number of aliphatic hydroxyl groups excluding tert-OH is 1. The topological polar surface area (TPSA) is 65.3 Å². The number of nitrogens with one attached hydrogen (secondary N) is 1. The van der Waals surface area contributed by atoms with Crippen molar-refractivity contribution in [3.8, 4) is 11.8 Å². The Morgan fingerprint density at radius 1 is 1.53 bits per heavy atom. The standard InChI is InChI=1S/C13H18N2O2/c1-3-11(6-7-16)15-13-8-12(17-2)5-4-10(13)9-14/h4-5,8,11,15-16H,3,6-7H2,1-2H3. The van der Waals surface area contributed by atoms with E-state index in [1.807, 2.05) is 6.92 Å². The molecule has 17 heavy (non-hydrogen) atoms. The molecule has 0 heterocycles. The highest BCUT2D eigenvalue weighted by Crippen LogP contribution is 2.23. The second-order valence-electron chi connectivity index (χ2n) is 3.79. The van der Waals surface area contributed by atoms with Gasteiger partial charge in [0.05, 0.1) is 18.4 Å². The molecule has 1 aromatic rings. The summed E-state index contributed by atoms with van der Waals surface area (Å²) in [5.74, 6) is 0.713. The third-order valence-electron chi connectivity index (χ3n) is 2.68. The first-order valence-electron chi connectivity index (χ1n) is 5.70. The van der Waals surface area contributed by atoms with E-state index in [1.54, 1.807) is 25.3 Å². The van der Waals surface area contributed by atoms with Crippen LogP contribution in [0.5, 0.6) is 5.75 Å². The van der Waals surface area contributed by atoms with Crippen molar-refractivity contribution in [3.63, 3.8) is 0 Å². The lowest BCUT2D eigenvalue weighted by molar-refractivity contribution is 0.278. The summed E-state index contributed by atoms with van der Waals surface area (Å²) in [4.78, 5) is 0. The molecule has 2 N–H and O–H groups in total. The fourth-order valence-electron chi connectivity index (χ4n) is 1.62. The molecule has 1 rings (SSSR count). The van der Waals surface area contributed by atoms with Crippen molar-refractivity contribution in [1.29, 1.82) is 5.26 Å². The maximum absolute atomic E-state index is 9.02. The minimum atomic E-state index is 0.136. The van der Waals surface area contributed by atoms with Crippen LogP contribution in [0.3, 0.4) is 0 Å². The van der Waals surface area contributed by atoms with Crippen LogP contribution in [0.4, 0.5) is 5.69 Å². The molecule has 92 valence electrons. The van der Waals surface area contributed by atoms with Crippen LogP contribution in [0.25, 0.3) is 0 Å². The lowest BCUT2D eigenvalue weighted by atomic mass is 10.1. The highest BCUT2D eigenvalue weighted by Gasteiger charge is 2.09. The normalized spacial score (nSPS) is 11.6. The molecule has 0 spiro atoms. The Kier molecular flexibility index (Phi) is 5.31. The number of anilines is 1. The van der Waals surface area contributed by atoms with E-state index < -0.39 is 0 Å². The lowest BCUT2D eigenvalue weighted by Crippen LogP contribution is -2.20. The maximum atomic E-state index is 9.02. The van der Waals surface area contributed by atoms with Crippen LogP contribution in [0.2, 0.25) is 0 Å². The van der Waals surface area contributed by atoms with E-state index in [0.29, 0.717) is 17.7 Å². The van der Waals surface area contributed by atoms with Crippen molar-refractivity contribution in [2.75, 3.05) is 19.0 Å². The molecule has 0 aliphatic rings. The van der Waals surface area contributed by atoms with E-state index in [2.05, 4.69) is 11.4 Å². The van der Waals surface area contributed by atoms with E-state index in [0.717, 1.165) is 12.1 Å². The van der Waals surface area contributed by atoms with Gasteiger partial charge in [0.25, 0.3) is 0 Å². The summed E-state index contributed by atoms with van der Waals surface area (Å²) < 4.78 is 5.13. The van der Waals surface area contributed by atoms with Gasteiger partial charge in [-0.15, -0.1) is 0 Å². The lowest BCUT2D eigenvalue weighted by Gasteiger charge is -2.18. The van der Waals surface area contributed by atoms with Crippen LogP contribution in [-0.4, -0.2) is 24.9 Å². The van der Waals surface area contributed by atoms with Gasteiger partial charge in [0.2, 0.25) is 0 Å². The molecule has 0 fully saturated rings.